The van der Waals surface area contributed by atoms with Crippen LogP contribution in [0.3, 0.4) is 0 Å². The number of rotatable bonds is 5. The van der Waals surface area contributed by atoms with Crippen LogP contribution in [-0.4, -0.2) is 36.2 Å². The van der Waals surface area contributed by atoms with E-state index >= 15 is 0 Å². The van der Waals surface area contributed by atoms with Crippen LogP contribution in [0.1, 0.15) is 20.8 Å². The highest BCUT2D eigenvalue weighted by atomic mass is 32.2. The van der Waals surface area contributed by atoms with E-state index in [1.165, 1.54) is 13.8 Å². The summed E-state index contributed by atoms with van der Waals surface area (Å²) in [5.74, 6) is -2.38. The van der Waals surface area contributed by atoms with Gasteiger partial charge in [-0.25, -0.2) is 8.42 Å². The van der Waals surface area contributed by atoms with Gasteiger partial charge < -0.3 is 10.8 Å². The number of carboxylic acid groups (broad SMARTS) is 1. The van der Waals surface area contributed by atoms with Crippen molar-refractivity contribution in [2.24, 2.45) is 5.73 Å². The Bertz CT molecular complexity index is 373. The summed E-state index contributed by atoms with van der Waals surface area (Å²) in [6.07, 6.45) is 0. The number of primary amides is 1. The maximum absolute atomic E-state index is 11.4. The molecule has 1 amide bonds. The highest BCUT2D eigenvalue weighted by molar-refractivity contribution is 7.90. The number of aliphatic carboxylic acids is 1. The number of nitrogens with one attached hydrogen (secondary N) is 1. The summed E-state index contributed by atoms with van der Waals surface area (Å²) < 4.78 is 24.7. The average molecular weight is 238 g/mol. The minimum atomic E-state index is -4.11. The normalized spacial score (nSPS) is 14.6. The molecule has 0 radical (unpaired) electrons. The zero-order chi connectivity index (χ0) is 12.4. The van der Waals surface area contributed by atoms with Crippen LogP contribution in [0.5, 0.6) is 0 Å². The summed E-state index contributed by atoms with van der Waals surface area (Å²) in [7, 11) is -4.11. The predicted molar refractivity (Wildman–Crippen MR) is 52.4 cm³/mol. The number of carbonyl (C=O) groups excluding carboxylic acids is 1. The molecule has 0 aliphatic heterocycles. The first-order chi connectivity index (χ1) is 6.50. The third-order valence-electron chi connectivity index (χ3n) is 1.83. The van der Waals surface area contributed by atoms with E-state index < -0.39 is 32.7 Å². The third-order valence-corrected chi connectivity index (χ3v) is 3.75. The van der Waals surface area contributed by atoms with Crippen molar-refractivity contribution in [3.05, 3.63) is 0 Å². The number of hydrogen-bond donors (Lipinski definition) is 3. The Hall–Kier alpha value is -1.15. The molecule has 0 heterocycles. The first-order valence-electron chi connectivity index (χ1n) is 4.06. The second kappa shape index (κ2) is 4.15. The van der Waals surface area contributed by atoms with Gasteiger partial charge in [-0.05, 0) is 20.8 Å². The summed E-state index contributed by atoms with van der Waals surface area (Å²) in [5, 5.41) is 6.88. The number of amides is 1. The maximum Gasteiger partial charge on any atom is 0.323 e. The third kappa shape index (κ3) is 3.48. The van der Waals surface area contributed by atoms with E-state index in [0.717, 1.165) is 6.92 Å². The molecule has 0 saturated heterocycles. The van der Waals surface area contributed by atoms with Gasteiger partial charge in [0.05, 0.1) is 0 Å². The Morgan fingerprint density at radius 2 is 1.80 bits per heavy atom. The van der Waals surface area contributed by atoms with Crippen LogP contribution in [0.15, 0.2) is 0 Å². The van der Waals surface area contributed by atoms with Gasteiger partial charge in [0.2, 0.25) is 15.9 Å². The lowest BCUT2D eigenvalue weighted by Gasteiger charge is -2.23. The summed E-state index contributed by atoms with van der Waals surface area (Å²) in [4.78, 5) is 21.3. The van der Waals surface area contributed by atoms with Gasteiger partial charge in [-0.2, -0.15) is 4.72 Å². The van der Waals surface area contributed by atoms with Crippen molar-refractivity contribution in [1.82, 2.24) is 4.72 Å². The van der Waals surface area contributed by atoms with Crippen molar-refractivity contribution in [1.29, 1.82) is 0 Å². The minimum Gasteiger partial charge on any atom is -0.480 e. The van der Waals surface area contributed by atoms with Crippen LogP contribution in [0, 0.1) is 0 Å². The van der Waals surface area contributed by atoms with Crippen LogP contribution in [0.25, 0.3) is 0 Å². The summed E-state index contributed by atoms with van der Waals surface area (Å²) >= 11 is 0. The van der Waals surface area contributed by atoms with Crippen molar-refractivity contribution >= 4 is 21.9 Å². The molecular formula is C7H14N2O5S. The van der Waals surface area contributed by atoms with Crippen molar-refractivity contribution in [3.8, 4) is 0 Å². The molecule has 4 N–H and O–H groups in total. The molecule has 0 aromatic carbocycles. The Labute approximate surface area is 87.7 Å². The monoisotopic (exact) mass is 238 g/mol. The molecule has 88 valence electrons. The molecule has 0 bridgehead atoms. The number of nitrogens with two attached hydrogens (primary N) is 1. The van der Waals surface area contributed by atoms with Gasteiger partial charge in [-0.1, -0.05) is 0 Å². The van der Waals surface area contributed by atoms with Crippen molar-refractivity contribution in [2.45, 2.75) is 31.6 Å². The van der Waals surface area contributed by atoms with E-state index in [2.05, 4.69) is 0 Å². The van der Waals surface area contributed by atoms with E-state index in [0.29, 0.717) is 0 Å². The lowest BCUT2D eigenvalue weighted by atomic mass is 10.1. The van der Waals surface area contributed by atoms with Crippen molar-refractivity contribution in [3.63, 3.8) is 0 Å². The highest BCUT2D eigenvalue weighted by Gasteiger charge is 2.36. The summed E-state index contributed by atoms with van der Waals surface area (Å²) in [5.41, 5.74) is 3.43. The molecule has 8 heteroatoms. The predicted octanol–water partition coefficient (Wildman–Crippen LogP) is -1.36. The smallest absolute Gasteiger partial charge is 0.323 e. The molecule has 0 rings (SSSR count). The van der Waals surface area contributed by atoms with Gasteiger partial charge in [0, 0.05) is 0 Å². The zero-order valence-corrected chi connectivity index (χ0v) is 9.46. The quantitative estimate of drug-likeness (QED) is 0.545. The molecule has 0 spiro atoms. The number of sulfonamides is 1. The first-order valence-corrected chi connectivity index (χ1v) is 5.61. The zero-order valence-electron chi connectivity index (χ0n) is 8.64. The first kappa shape index (κ1) is 13.8. The van der Waals surface area contributed by atoms with Gasteiger partial charge in [0.25, 0.3) is 0 Å². The molecule has 0 aliphatic rings. The summed E-state index contributed by atoms with van der Waals surface area (Å²) in [6, 6.07) is 0. The Balaban J connectivity index is 4.97. The maximum atomic E-state index is 11.4. The van der Waals surface area contributed by atoms with Crippen molar-refractivity contribution in [2.75, 3.05) is 0 Å². The van der Waals surface area contributed by atoms with Crippen molar-refractivity contribution < 1.29 is 23.1 Å². The van der Waals surface area contributed by atoms with Gasteiger partial charge in [0.15, 0.2) is 5.25 Å². The van der Waals surface area contributed by atoms with Gasteiger partial charge >= 0.3 is 5.97 Å². The number of carbonyl (C=O) groups is 2. The lowest BCUT2D eigenvalue weighted by Crippen LogP contribution is -2.55. The summed E-state index contributed by atoms with van der Waals surface area (Å²) in [6.45, 7) is 3.50. The van der Waals surface area contributed by atoms with E-state index in [1.807, 2.05) is 4.72 Å². The molecule has 1 atom stereocenters. The fourth-order valence-electron chi connectivity index (χ4n) is 0.627. The van der Waals surface area contributed by atoms with Gasteiger partial charge in [-0.15, -0.1) is 0 Å². The topological polar surface area (TPSA) is 127 Å². The molecular weight excluding hydrogens is 224 g/mol. The fourth-order valence-corrected chi connectivity index (χ4v) is 1.88. The lowest BCUT2D eigenvalue weighted by molar-refractivity contribution is -0.136. The molecule has 15 heavy (non-hydrogen) atoms. The molecule has 0 fully saturated rings. The molecule has 0 aromatic heterocycles. The highest BCUT2D eigenvalue weighted by Crippen LogP contribution is 2.07. The number of hydrogen-bond acceptors (Lipinski definition) is 4. The molecule has 0 aliphatic carbocycles. The SMILES string of the molecule is CC(C(=O)O)S(=O)(=O)NC(C)(C)C(N)=O. The van der Waals surface area contributed by atoms with E-state index in [9.17, 15) is 18.0 Å². The largest absolute Gasteiger partial charge is 0.480 e. The van der Waals surface area contributed by atoms with Crippen LogP contribution in [0.2, 0.25) is 0 Å². The fraction of sp³-hybridized carbons (Fsp3) is 0.714. The Kier molecular flexibility index (Phi) is 3.83. The number of carboxylic acids is 1. The Morgan fingerprint density at radius 1 is 1.40 bits per heavy atom. The second-order valence-electron chi connectivity index (χ2n) is 3.62. The molecule has 0 aromatic rings. The minimum absolute atomic E-state index is 0.885. The van der Waals surface area contributed by atoms with E-state index in [4.69, 9.17) is 10.8 Å². The van der Waals surface area contributed by atoms with Crippen LogP contribution in [0.4, 0.5) is 0 Å². The standard InChI is InChI=1S/C7H14N2O5S/c1-4(5(10)11)15(13,14)9-7(2,3)6(8)12/h4,9H,1-3H3,(H2,8,12)(H,10,11). The van der Waals surface area contributed by atoms with Crippen LogP contribution >= 0.6 is 0 Å². The van der Waals surface area contributed by atoms with Gasteiger partial charge in [-0.3, -0.25) is 9.59 Å². The molecule has 0 saturated carbocycles. The van der Waals surface area contributed by atoms with E-state index in [-0.39, 0.29) is 0 Å². The van der Waals surface area contributed by atoms with Gasteiger partial charge in [0.1, 0.15) is 5.54 Å². The van der Waals surface area contributed by atoms with Crippen LogP contribution in [-0.2, 0) is 19.6 Å². The van der Waals surface area contributed by atoms with Crippen LogP contribution < -0.4 is 10.5 Å². The second-order valence-corrected chi connectivity index (χ2v) is 5.62. The van der Waals surface area contributed by atoms with E-state index in [1.54, 1.807) is 0 Å². The average Bonchev–Trinajstić information content (AvgIpc) is 2.00. The molecule has 1 unspecified atom stereocenters. The molecule has 7 nitrogen and oxygen atoms in total. The Morgan fingerprint density at radius 3 is 2.07 bits per heavy atom.